The summed E-state index contributed by atoms with van der Waals surface area (Å²) in [7, 11) is 0. The SMILES string of the molecule is CCOC(=O)[C@H](CCCCN)N[C@H]1CSc2ccccc2N(CC(=O)O)C1=O. The van der Waals surface area contributed by atoms with E-state index in [1.807, 2.05) is 12.1 Å². The Kier molecular flexibility index (Phi) is 8.75. The number of thioether (sulfide) groups is 1. The third-order valence-corrected chi connectivity index (χ3v) is 5.50. The number of nitrogens with one attached hydrogen (secondary N) is 1. The number of para-hydroxylation sites is 1. The lowest BCUT2D eigenvalue weighted by Gasteiger charge is -2.27. The summed E-state index contributed by atoms with van der Waals surface area (Å²) >= 11 is 1.46. The van der Waals surface area contributed by atoms with Crippen molar-refractivity contribution in [1.82, 2.24) is 5.32 Å². The van der Waals surface area contributed by atoms with E-state index in [0.717, 1.165) is 17.7 Å². The lowest BCUT2D eigenvalue weighted by Crippen LogP contribution is -2.54. The number of carbonyl (C=O) groups excluding carboxylic acids is 2. The van der Waals surface area contributed by atoms with E-state index < -0.39 is 30.6 Å². The Bertz CT molecular complexity index is 700. The first kappa shape index (κ1) is 22.2. The molecule has 0 fully saturated rings. The second kappa shape index (κ2) is 11.0. The van der Waals surface area contributed by atoms with E-state index in [0.29, 0.717) is 24.4 Å². The number of ether oxygens (including phenoxy) is 1. The van der Waals surface area contributed by atoms with E-state index in [2.05, 4.69) is 5.32 Å². The number of aliphatic carboxylic acids is 1. The maximum absolute atomic E-state index is 13.1. The van der Waals surface area contributed by atoms with Crippen molar-refractivity contribution in [3.8, 4) is 0 Å². The number of nitrogens with two attached hydrogens (primary N) is 1. The van der Waals surface area contributed by atoms with Crippen molar-refractivity contribution < 1.29 is 24.2 Å². The number of carbonyl (C=O) groups is 3. The Labute approximate surface area is 168 Å². The van der Waals surface area contributed by atoms with Gasteiger partial charge in [0.1, 0.15) is 12.6 Å². The molecular weight excluding hydrogens is 382 g/mol. The number of fused-ring (bicyclic) bond motifs is 1. The van der Waals surface area contributed by atoms with E-state index >= 15 is 0 Å². The van der Waals surface area contributed by atoms with Crippen LogP contribution < -0.4 is 16.0 Å². The highest BCUT2D eigenvalue weighted by Crippen LogP contribution is 2.34. The van der Waals surface area contributed by atoms with Crippen molar-refractivity contribution in [2.75, 3.05) is 30.3 Å². The number of amides is 1. The molecule has 0 radical (unpaired) electrons. The predicted molar refractivity (Wildman–Crippen MR) is 107 cm³/mol. The zero-order valence-corrected chi connectivity index (χ0v) is 16.7. The number of anilines is 1. The van der Waals surface area contributed by atoms with Crippen molar-refractivity contribution in [2.24, 2.45) is 5.73 Å². The van der Waals surface area contributed by atoms with Crippen LogP contribution in [0, 0.1) is 0 Å². The second-order valence-electron chi connectivity index (χ2n) is 6.41. The molecular formula is C19H27N3O5S. The third-order valence-electron chi connectivity index (χ3n) is 4.34. The first-order valence-corrected chi connectivity index (χ1v) is 10.3. The van der Waals surface area contributed by atoms with Crippen LogP contribution in [0.4, 0.5) is 5.69 Å². The van der Waals surface area contributed by atoms with Gasteiger partial charge in [0.2, 0.25) is 5.91 Å². The summed E-state index contributed by atoms with van der Waals surface area (Å²) in [5.74, 6) is -1.49. The largest absolute Gasteiger partial charge is 0.480 e. The number of unbranched alkanes of at least 4 members (excludes halogenated alkanes) is 1. The van der Waals surface area contributed by atoms with Gasteiger partial charge in [-0.05, 0) is 38.4 Å². The summed E-state index contributed by atoms with van der Waals surface area (Å²) in [6.07, 6.45) is 1.98. The Balaban J connectivity index is 2.22. The van der Waals surface area contributed by atoms with Gasteiger partial charge in [-0.1, -0.05) is 18.6 Å². The average Bonchev–Trinajstić information content (AvgIpc) is 2.79. The van der Waals surface area contributed by atoms with E-state index in [9.17, 15) is 19.5 Å². The first-order chi connectivity index (χ1) is 13.5. The molecule has 4 N–H and O–H groups in total. The van der Waals surface area contributed by atoms with E-state index in [-0.39, 0.29) is 12.5 Å². The molecule has 28 heavy (non-hydrogen) atoms. The Morgan fingerprint density at radius 3 is 2.82 bits per heavy atom. The van der Waals surface area contributed by atoms with Crippen molar-refractivity contribution in [2.45, 2.75) is 43.2 Å². The predicted octanol–water partition coefficient (Wildman–Crippen LogP) is 1.23. The summed E-state index contributed by atoms with van der Waals surface area (Å²) in [4.78, 5) is 38.9. The fourth-order valence-corrected chi connectivity index (χ4v) is 4.10. The fourth-order valence-electron chi connectivity index (χ4n) is 3.02. The molecule has 1 aromatic carbocycles. The number of rotatable bonds is 10. The molecule has 0 saturated heterocycles. The highest BCUT2D eigenvalue weighted by molar-refractivity contribution is 7.99. The van der Waals surface area contributed by atoms with Crippen molar-refractivity contribution in [3.05, 3.63) is 24.3 Å². The lowest BCUT2D eigenvalue weighted by molar-refractivity contribution is -0.146. The number of esters is 1. The molecule has 8 nitrogen and oxygen atoms in total. The van der Waals surface area contributed by atoms with Gasteiger partial charge in [0.15, 0.2) is 0 Å². The minimum atomic E-state index is -1.10. The van der Waals surface area contributed by atoms with Crippen molar-refractivity contribution >= 4 is 35.3 Å². The highest BCUT2D eigenvalue weighted by Gasteiger charge is 2.34. The normalized spacial score (nSPS) is 17.6. The summed E-state index contributed by atoms with van der Waals surface area (Å²) in [6.45, 7) is 2.06. The van der Waals surface area contributed by atoms with Crippen LogP contribution in [0.5, 0.6) is 0 Å². The number of hydrogen-bond donors (Lipinski definition) is 3. The van der Waals surface area contributed by atoms with Crippen LogP contribution in [-0.2, 0) is 19.1 Å². The molecule has 0 bridgehead atoms. The number of benzene rings is 1. The minimum Gasteiger partial charge on any atom is -0.480 e. The molecule has 0 aromatic heterocycles. The van der Waals surface area contributed by atoms with Gasteiger partial charge in [-0.25, -0.2) is 0 Å². The van der Waals surface area contributed by atoms with E-state index in [4.69, 9.17) is 10.5 Å². The van der Waals surface area contributed by atoms with Crippen LogP contribution in [-0.4, -0.2) is 60.5 Å². The molecule has 1 aliphatic heterocycles. The maximum atomic E-state index is 13.1. The van der Waals surface area contributed by atoms with Crippen molar-refractivity contribution in [1.29, 1.82) is 0 Å². The lowest BCUT2D eigenvalue weighted by atomic mass is 10.1. The number of carboxylic acids is 1. The molecule has 1 aliphatic rings. The number of carboxylic acid groups (broad SMARTS) is 1. The van der Waals surface area contributed by atoms with Crippen LogP contribution in [0.3, 0.4) is 0 Å². The molecule has 0 aliphatic carbocycles. The zero-order valence-electron chi connectivity index (χ0n) is 15.9. The molecule has 1 amide bonds. The summed E-state index contributed by atoms with van der Waals surface area (Å²) in [5, 5.41) is 12.4. The van der Waals surface area contributed by atoms with Gasteiger partial charge in [0.25, 0.3) is 0 Å². The van der Waals surface area contributed by atoms with Crippen molar-refractivity contribution in [3.63, 3.8) is 0 Å². The fraction of sp³-hybridized carbons (Fsp3) is 0.526. The standard InChI is InChI=1S/C19H27N3O5S/c1-2-27-19(26)13(7-5-6-10-20)21-14-12-28-16-9-4-3-8-15(16)22(18(14)25)11-17(23)24/h3-4,8-9,13-14,21H,2,5-7,10-12,20H2,1H3,(H,23,24)/t13-,14-/m0/s1. The third kappa shape index (κ3) is 5.95. The highest BCUT2D eigenvalue weighted by atomic mass is 32.2. The molecule has 1 aromatic rings. The molecule has 0 spiro atoms. The Hall–Kier alpha value is -2.10. The molecule has 1 heterocycles. The topological polar surface area (TPSA) is 122 Å². The summed E-state index contributed by atoms with van der Waals surface area (Å²) in [5.41, 5.74) is 6.10. The molecule has 154 valence electrons. The monoisotopic (exact) mass is 409 g/mol. The molecule has 2 atom stereocenters. The summed E-state index contributed by atoms with van der Waals surface area (Å²) in [6, 6.07) is 5.85. The van der Waals surface area contributed by atoms with Gasteiger partial charge >= 0.3 is 11.9 Å². The molecule has 2 rings (SSSR count). The van der Waals surface area contributed by atoms with Gasteiger partial charge in [-0.2, -0.15) is 0 Å². The first-order valence-electron chi connectivity index (χ1n) is 9.35. The number of hydrogen-bond acceptors (Lipinski definition) is 7. The van der Waals surface area contributed by atoms with Crippen LogP contribution in [0.2, 0.25) is 0 Å². The van der Waals surface area contributed by atoms with Gasteiger partial charge in [0, 0.05) is 10.6 Å². The number of nitrogens with zero attached hydrogens (tertiary/aromatic N) is 1. The smallest absolute Gasteiger partial charge is 0.323 e. The second-order valence-corrected chi connectivity index (χ2v) is 7.47. The van der Waals surface area contributed by atoms with Gasteiger partial charge in [-0.15, -0.1) is 11.8 Å². The molecule has 9 heteroatoms. The van der Waals surface area contributed by atoms with E-state index in [1.54, 1.807) is 19.1 Å². The van der Waals surface area contributed by atoms with Crippen LogP contribution >= 0.6 is 11.8 Å². The maximum Gasteiger partial charge on any atom is 0.323 e. The van der Waals surface area contributed by atoms with E-state index in [1.165, 1.54) is 16.7 Å². The van der Waals surface area contributed by atoms with Gasteiger partial charge in [0.05, 0.1) is 18.3 Å². The Morgan fingerprint density at radius 1 is 1.39 bits per heavy atom. The van der Waals surface area contributed by atoms with Crippen LogP contribution in [0.25, 0.3) is 0 Å². The Morgan fingerprint density at radius 2 is 2.14 bits per heavy atom. The average molecular weight is 410 g/mol. The summed E-state index contributed by atoms with van der Waals surface area (Å²) < 4.78 is 5.14. The molecule has 0 unspecified atom stereocenters. The molecule has 0 saturated carbocycles. The van der Waals surface area contributed by atoms with Gasteiger partial charge in [-0.3, -0.25) is 24.6 Å². The van der Waals surface area contributed by atoms with Crippen LogP contribution in [0.1, 0.15) is 26.2 Å². The van der Waals surface area contributed by atoms with Crippen LogP contribution in [0.15, 0.2) is 29.2 Å². The quantitative estimate of drug-likeness (QED) is 0.390. The minimum absolute atomic E-state index is 0.248. The van der Waals surface area contributed by atoms with Gasteiger partial charge < -0.3 is 15.6 Å². The zero-order chi connectivity index (χ0) is 20.5.